The Labute approximate surface area is 133 Å². The van der Waals surface area contributed by atoms with Crippen molar-refractivity contribution < 1.29 is 18.7 Å². The number of benzene rings is 1. The molecule has 0 spiro atoms. The van der Waals surface area contributed by atoms with E-state index in [1.165, 1.54) is 6.26 Å². The van der Waals surface area contributed by atoms with Gasteiger partial charge in [-0.15, -0.1) is 0 Å². The van der Waals surface area contributed by atoms with Gasteiger partial charge in [-0.05, 0) is 24.1 Å². The molecule has 0 radical (unpaired) electrons. The highest BCUT2D eigenvalue weighted by Gasteiger charge is 2.17. The Hall–Kier alpha value is -2.54. The van der Waals surface area contributed by atoms with Crippen LogP contribution in [0.5, 0.6) is 11.5 Å². The molecule has 1 aliphatic rings. The van der Waals surface area contributed by atoms with Crippen molar-refractivity contribution in [3.63, 3.8) is 0 Å². The molecule has 3 N–H and O–H groups in total. The minimum Gasteiger partial charge on any atom is -0.454 e. The average Bonchev–Trinajstić information content (AvgIpc) is 3.21. The molecule has 7 heteroatoms. The first-order chi connectivity index (χ1) is 11.2. The first-order valence-electron chi connectivity index (χ1n) is 7.55. The molecular formula is C16H19N3O4. The number of nitrogens with one attached hydrogen (secondary N) is 1. The van der Waals surface area contributed by atoms with E-state index in [2.05, 4.69) is 10.3 Å². The van der Waals surface area contributed by atoms with Gasteiger partial charge in [-0.3, -0.25) is 4.79 Å². The lowest BCUT2D eigenvalue weighted by atomic mass is 10.2. The van der Waals surface area contributed by atoms with E-state index in [1.54, 1.807) is 0 Å². The summed E-state index contributed by atoms with van der Waals surface area (Å²) in [6.45, 7) is 2.62. The van der Waals surface area contributed by atoms with Gasteiger partial charge in [0, 0.05) is 6.54 Å². The highest BCUT2D eigenvalue weighted by Crippen LogP contribution is 2.32. The normalized spacial score (nSPS) is 13.8. The van der Waals surface area contributed by atoms with Crippen LogP contribution in [0.3, 0.4) is 0 Å². The van der Waals surface area contributed by atoms with Crippen LogP contribution in [0.2, 0.25) is 0 Å². The second-order valence-electron chi connectivity index (χ2n) is 5.34. The van der Waals surface area contributed by atoms with Crippen molar-refractivity contribution in [2.75, 3.05) is 6.79 Å². The first kappa shape index (κ1) is 15.4. The van der Waals surface area contributed by atoms with Crippen LogP contribution in [-0.4, -0.2) is 17.7 Å². The summed E-state index contributed by atoms with van der Waals surface area (Å²) in [6.07, 6.45) is 3.02. The molecule has 1 amide bonds. The number of ether oxygens (including phenoxy) is 2. The molecule has 1 aliphatic heterocycles. The molecule has 23 heavy (non-hydrogen) atoms. The smallest absolute Gasteiger partial charge is 0.273 e. The van der Waals surface area contributed by atoms with Crippen molar-refractivity contribution in [3.8, 4) is 11.5 Å². The fourth-order valence-corrected chi connectivity index (χ4v) is 2.32. The molecule has 7 nitrogen and oxygen atoms in total. The summed E-state index contributed by atoms with van der Waals surface area (Å²) < 4.78 is 15.8. The van der Waals surface area contributed by atoms with Gasteiger partial charge < -0.3 is 24.9 Å². The van der Waals surface area contributed by atoms with E-state index in [0.29, 0.717) is 23.9 Å². The Morgan fingerprint density at radius 1 is 1.39 bits per heavy atom. The molecule has 1 aromatic carbocycles. The molecule has 2 aromatic rings. The second kappa shape index (κ2) is 6.70. The topological polar surface area (TPSA) is 99.6 Å². The number of nitrogens with two attached hydrogens (primary N) is 1. The quantitative estimate of drug-likeness (QED) is 0.846. The molecule has 2 heterocycles. The highest BCUT2D eigenvalue weighted by molar-refractivity contribution is 5.91. The number of amides is 1. The summed E-state index contributed by atoms with van der Waals surface area (Å²) in [4.78, 5) is 16.3. The molecule has 0 fully saturated rings. The highest BCUT2D eigenvalue weighted by atomic mass is 16.7. The minimum atomic E-state index is -0.304. The van der Waals surface area contributed by atoms with Crippen molar-refractivity contribution in [1.82, 2.24) is 10.3 Å². The van der Waals surface area contributed by atoms with Crippen LogP contribution in [0.15, 0.2) is 28.9 Å². The maximum atomic E-state index is 12.1. The summed E-state index contributed by atoms with van der Waals surface area (Å²) in [7, 11) is 0. The van der Waals surface area contributed by atoms with Crippen molar-refractivity contribution in [2.24, 2.45) is 5.73 Å². The minimum absolute atomic E-state index is 0.227. The number of rotatable bonds is 6. The molecule has 1 aromatic heterocycles. The molecule has 0 saturated heterocycles. The van der Waals surface area contributed by atoms with E-state index in [0.717, 1.165) is 18.4 Å². The predicted molar refractivity (Wildman–Crippen MR) is 82.1 cm³/mol. The zero-order chi connectivity index (χ0) is 16.2. The lowest BCUT2D eigenvalue weighted by Gasteiger charge is -2.05. The fraction of sp³-hybridized carbons (Fsp3) is 0.375. The van der Waals surface area contributed by atoms with Crippen LogP contribution >= 0.6 is 0 Å². The molecule has 1 unspecified atom stereocenters. The number of hydrogen-bond donors (Lipinski definition) is 2. The van der Waals surface area contributed by atoms with Gasteiger partial charge >= 0.3 is 0 Å². The Morgan fingerprint density at radius 3 is 3.04 bits per heavy atom. The number of aromatic nitrogens is 1. The zero-order valence-corrected chi connectivity index (χ0v) is 12.9. The van der Waals surface area contributed by atoms with Crippen molar-refractivity contribution in [2.45, 2.75) is 32.4 Å². The summed E-state index contributed by atoms with van der Waals surface area (Å²) in [5.74, 6) is 1.48. The number of oxazole rings is 1. The summed E-state index contributed by atoms with van der Waals surface area (Å²) >= 11 is 0. The van der Waals surface area contributed by atoms with E-state index >= 15 is 0 Å². The lowest BCUT2D eigenvalue weighted by Crippen LogP contribution is -2.23. The third kappa shape index (κ3) is 3.45. The summed E-state index contributed by atoms with van der Waals surface area (Å²) in [6, 6.07) is 5.25. The van der Waals surface area contributed by atoms with E-state index < -0.39 is 0 Å². The number of hydrogen-bond acceptors (Lipinski definition) is 6. The number of nitrogens with zero attached hydrogens (tertiary/aromatic N) is 1. The monoisotopic (exact) mass is 317 g/mol. The van der Waals surface area contributed by atoms with E-state index in [-0.39, 0.29) is 24.4 Å². The first-order valence-corrected chi connectivity index (χ1v) is 7.55. The fourth-order valence-electron chi connectivity index (χ4n) is 2.32. The largest absolute Gasteiger partial charge is 0.454 e. The van der Waals surface area contributed by atoms with Crippen molar-refractivity contribution in [1.29, 1.82) is 0 Å². The Balaban J connectivity index is 1.59. The lowest BCUT2D eigenvalue weighted by molar-refractivity contribution is 0.0945. The molecule has 122 valence electrons. The van der Waals surface area contributed by atoms with Gasteiger partial charge in [0.25, 0.3) is 5.91 Å². The second-order valence-corrected chi connectivity index (χ2v) is 5.34. The van der Waals surface area contributed by atoms with Gasteiger partial charge in [0.15, 0.2) is 17.2 Å². The SMILES string of the molecule is CCCC(N)c1nc(C(=O)NCc2ccc3c(c2)OCO3)co1. The molecule has 0 aliphatic carbocycles. The Kier molecular flexibility index (Phi) is 4.47. The van der Waals surface area contributed by atoms with Gasteiger partial charge in [-0.1, -0.05) is 19.4 Å². The maximum absolute atomic E-state index is 12.1. The van der Waals surface area contributed by atoms with Gasteiger partial charge in [-0.25, -0.2) is 4.98 Å². The standard InChI is InChI=1S/C16H19N3O4/c1-2-3-11(17)16-19-12(8-21-16)15(20)18-7-10-4-5-13-14(6-10)23-9-22-13/h4-6,8,11H,2-3,7,9,17H2,1H3,(H,18,20). The van der Waals surface area contributed by atoms with E-state index in [9.17, 15) is 4.79 Å². The van der Waals surface area contributed by atoms with E-state index in [1.807, 2.05) is 25.1 Å². The van der Waals surface area contributed by atoms with Crippen LogP contribution in [0, 0.1) is 0 Å². The van der Waals surface area contributed by atoms with Gasteiger partial charge in [0.05, 0.1) is 6.04 Å². The molecule has 0 bridgehead atoms. The Morgan fingerprint density at radius 2 is 2.22 bits per heavy atom. The van der Waals surface area contributed by atoms with Crippen LogP contribution in [0.4, 0.5) is 0 Å². The zero-order valence-electron chi connectivity index (χ0n) is 12.9. The Bertz CT molecular complexity index is 698. The van der Waals surface area contributed by atoms with Crippen LogP contribution in [0.1, 0.15) is 47.7 Å². The van der Waals surface area contributed by atoms with Gasteiger partial charge in [-0.2, -0.15) is 0 Å². The average molecular weight is 317 g/mol. The van der Waals surface area contributed by atoms with E-state index in [4.69, 9.17) is 19.6 Å². The van der Waals surface area contributed by atoms with Gasteiger partial charge in [0.2, 0.25) is 12.7 Å². The maximum Gasteiger partial charge on any atom is 0.273 e. The summed E-state index contributed by atoms with van der Waals surface area (Å²) in [5.41, 5.74) is 7.06. The van der Waals surface area contributed by atoms with Crippen LogP contribution in [0.25, 0.3) is 0 Å². The number of fused-ring (bicyclic) bond motifs is 1. The molecular weight excluding hydrogens is 298 g/mol. The molecule has 3 rings (SSSR count). The van der Waals surface area contributed by atoms with Crippen LogP contribution < -0.4 is 20.5 Å². The number of carbonyl (C=O) groups is 1. The molecule has 0 saturated carbocycles. The van der Waals surface area contributed by atoms with Crippen LogP contribution in [-0.2, 0) is 6.54 Å². The van der Waals surface area contributed by atoms with Crippen molar-refractivity contribution >= 4 is 5.91 Å². The summed E-state index contributed by atoms with van der Waals surface area (Å²) in [5, 5.41) is 2.79. The van der Waals surface area contributed by atoms with Gasteiger partial charge in [0.1, 0.15) is 6.26 Å². The molecule has 1 atom stereocenters. The predicted octanol–water partition coefficient (Wildman–Crippen LogP) is 2.13. The third-order valence-corrected chi connectivity index (χ3v) is 3.56. The van der Waals surface area contributed by atoms with Crippen molar-refractivity contribution in [3.05, 3.63) is 41.6 Å². The number of carbonyl (C=O) groups excluding carboxylic acids is 1. The third-order valence-electron chi connectivity index (χ3n) is 3.56.